The van der Waals surface area contributed by atoms with Gasteiger partial charge in [0, 0.05) is 25.4 Å². The van der Waals surface area contributed by atoms with Crippen molar-refractivity contribution < 1.29 is 42.0 Å². The molecule has 0 aromatic heterocycles. The van der Waals surface area contributed by atoms with Gasteiger partial charge in [0.25, 0.3) is 10.1 Å². The van der Waals surface area contributed by atoms with Crippen molar-refractivity contribution in [2.24, 2.45) is 29.1 Å². The summed E-state index contributed by atoms with van der Waals surface area (Å²) in [5.41, 5.74) is -2.66. The van der Waals surface area contributed by atoms with Crippen LogP contribution >= 0.6 is 0 Å². The van der Waals surface area contributed by atoms with Crippen LogP contribution in [0.25, 0.3) is 0 Å². The molecular formula is C26H42N4O9S. The predicted molar refractivity (Wildman–Crippen MR) is 143 cm³/mol. The Labute approximate surface area is 234 Å². The number of carbonyl (C=O) groups excluding carboxylic acids is 5. The van der Waals surface area contributed by atoms with Crippen molar-refractivity contribution in [2.75, 3.05) is 13.1 Å². The predicted octanol–water partition coefficient (Wildman–Crippen LogP) is -0.413. The highest BCUT2D eigenvalue weighted by molar-refractivity contribution is 7.86. The molecule has 1 unspecified atom stereocenters. The summed E-state index contributed by atoms with van der Waals surface area (Å²) in [5, 5.41) is 18.2. The number of carbonyl (C=O) groups is 5. The molecule has 226 valence electrons. The molecule has 1 aliphatic carbocycles. The number of likely N-dealkylation sites (tertiary alicyclic amines) is 1. The van der Waals surface area contributed by atoms with Gasteiger partial charge < -0.3 is 26.0 Å². The van der Waals surface area contributed by atoms with Crippen LogP contribution in [0.1, 0.15) is 66.7 Å². The van der Waals surface area contributed by atoms with E-state index in [9.17, 15) is 42.0 Å². The number of fused-ring (bicyclic) bond motifs is 1. The number of piperidine rings is 1. The fourth-order valence-electron chi connectivity index (χ4n) is 6.15. The second-order valence-corrected chi connectivity index (χ2v) is 13.8. The summed E-state index contributed by atoms with van der Waals surface area (Å²) in [6.45, 7) is 9.91. The number of rotatable bonds is 13. The van der Waals surface area contributed by atoms with Crippen molar-refractivity contribution in [3.8, 4) is 0 Å². The molecule has 2 saturated heterocycles. The standard InChI is InChI=1S/C26H42N4O9S/c1-6-15(31)11-19(32)28-17(9-13(2)3)24(35)30-12-16-20(26(16,4)5)21(30)23(34)29-18(25(36)40(37,38)39)10-14-7-8-27-22(14)33/h13-14,16-18,20-21,25,36H,6-12H2,1-5H3,(H,27,33)(H,28,32)(H,29,34)(H,37,38,39)/t14-,16-,17-,18-,20-,21-,25?/m0/s1. The molecule has 3 fully saturated rings. The normalized spacial score (nSPS) is 27.4. The van der Waals surface area contributed by atoms with Gasteiger partial charge in [-0.05, 0) is 42.4 Å². The van der Waals surface area contributed by atoms with Crippen LogP contribution in [0, 0.1) is 29.1 Å². The molecule has 40 heavy (non-hydrogen) atoms. The zero-order valence-corrected chi connectivity index (χ0v) is 24.5. The summed E-state index contributed by atoms with van der Waals surface area (Å²) in [6, 6.07) is -3.50. The third kappa shape index (κ3) is 7.00. The highest BCUT2D eigenvalue weighted by Gasteiger charge is 2.69. The number of hydrogen-bond donors (Lipinski definition) is 5. The molecule has 2 heterocycles. The van der Waals surface area contributed by atoms with Crippen molar-refractivity contribution in [3.05, 3.63) is 0 Å². The van der Waals surface area contributed by atoms with E-state index in [0.29, 0.717) is 13.0 Å². The zero-order chi connectivity index (χ0) is 30.2. The van der Waals surface area contributed by atoms with Crippen molar-refractivity contribution in [2.45, 2.75) is 90.3 Å². The van der Waals surface area contributed by atoms with E-state index < -0.39 is 57.3 Å². The smallest absolute Gasteiger partial charge is 0.294 e. The zero-order valence-electron chi connectivity index (χ0n) is 23.7. The Kier molecular flexibility index (Phi) is 9.67. The van der Waals surface area contributed by atoms with Crippen LogP contribution in [0.5, 0.6) is 0 Å². The number of ketones is 1. The molecule has 0 aromatic rings. The minimum atomic E-state index is -4.99. The number of aliphatic hydroxyl groups is 1. The first-order chi connectivity index (χ1) is 18.5. The summed E-state index contributed by atoms with van der Waals surface area (Å²) < 4.78 is 33.1. The number of nitrogens with zero attached hydrogens (tertiary/aromatic N) is 1. The Bertz CT molecular complexity index is 1140. The van der Waals surface area contributed by atoms with Crippen LogP contribution in [0.4, 0.5) is 0 Å². The van der Waals surface area contributed by atoms with Crippen molar-refractivity contribution >= 4 is 39.5 Å². The van der Waals surface area contributed by atoms with Gasteiger partial charge in [0.1, 0.15) is 17.9 Å². The van der Waals surface area contributed by atoms with Gasteiger partial charge in [0.15, 0.2) is 0 Å². The molecule has 0 spiro atoms. The van der Waals surface area contributed by atoms with Crippen molar-refractivity contribution in [1.82, 2.24) is 20.9 Å². The Hall–Kier alpha value is -2.58. The summed E-state index contributed by atoms with van der Waals surface area (Å²) in [7, 11) is -4.99. The maximum Gasteiger partial charge on any atom is 0.294 e. The Balaban J connectivity index is 1.85. The Morgan fingerprint density at radius 2 is 1.82 bits per heavy atom. The van der Waals surface area contributed by atoms with E-state index in [4.69, 9.17) is 0 Å². The third-order valence-electron chi connectivity index (χ3n) is 8.53. The third-order valence-corrected chi connectivity index (χ3v) is 9.47. The van der Waals surface area contributed by atoms with E-state index in [1.54, 1.807) is 6.92 Å². The van der Waals surface area contributed by atoms with Gasteiger partial charge >= 0.3 is 0 Å². The van der Waals surface area contributed by atoms with Gasteiger partial charge in [0.2, 0.25) is 29.1 Å². The molecule has 3 rings (SSSR count). The molecule has 2 aliphatic heterocycles. The Morgan fingerprint density at radius 3 is 2.35 bits per heavy atom. The van der Waals surface area contributed by atoms with Crippen LogP contribution in [0.3, 0.4) is 0 Å². The topological polar surface area (TPSA) is 199 Å². The van der Waals surface area contributed by atoms with Crippen LogP contribution < -0.4 is 16.0 Å². The number of hydrogen-bond acceptors (Lipinski definition) is 8. The average molecular weight is 587 g/mol. The molecule has 7 atom stereocenters. The second-order valence-electron chi connectivity index (χ2n) is 12.2. The first-order valence-electron chi connectivity index (χ1n) is 13.8. The van der Waals surface area contributed by atoms with E-state index in [2.05, 4.69) is 16.0 Å². The van der Waals surface area contributed by atoms with Gasteiger partial charge in [-0.2, -0.15) is 8.42 Å². The minimum absolute atomic E-state index is 0.00354. The molecule has 0 aromatic carbocycles. The molecule has 3 aliphatic rings. The van der Waals surface area contributed by atoms with Crippen LogP contribution in [0.2, 0.25) is 0 Å². The molecule has 0 radical (unpaired) electrons. The number of aliphatic hydroxyl groups excluding tert-OH is 1. The van der Waals surface area contributed by atoms with Gasteiger partial charge in [-0.25, -0.2) is 0 Å². The fourth-order valence-corrected chi connectivity index (χ4v) is 6.75. The largest absolute Gasteiger partial charge is 0.374 e. The van der Waals surface area contributed by atoms with Crippen LogP contribution in [-0.2, 0) is 34.1 Å². The monoisotopic (exact) mass is 586 g/mol. The molecule has 14 heteroatoms. The molecule has 5 N–H and O–H groups in total. The van der Waals surface area contributed by atoms with E-state index in [1.165, 1.54) is 4.90 Å². The lowest BCUT2D eigenvalue weighted by atomic mass is 9.96. The first kappa shape index (κ1) is 31.9. The highest BCUT2D eigenvalue weighted by Crippen LogP contribution is 2.65. The quantitative estimate of drug-likeness (QED) is 0.141. The summed E-state index contributed by atoms with van der Waals surface area (Å²) >= 11 is 0. The van der Waals surface area contributed by atoms with Gasteiger partial charge in [-0.1, -0.05) is 34.6 Å². The number of Topliss-reactive ketones (excluding diaryl/α,β-unsaturated/α-hetero) is 1. The molecule has 0 bridgehead atoms. The minimum Gasteiger partial charge on any atom is -0.374 e. The SMILES string of the molecule is CCC(=O)CC(=O)N[C@@H](CC(C)C)C(=O)N1C[C@H]2[C@@H]([C@H]1C(=O)N[C@@H](C[C@@H]1CCNC1=O)C(O)S(=O)(=O)O)C2(C)C. The lowest BCUT2D eigenvalue weighted by Crippen LogP contribution is -2.58. The second kappa shape index (κ2) is 12.1. The van der Waals surface area contributed by atoms with E-state index in [-0.39, 0.29) is 67.1 Å². The molecule has 4 amide bonds. The lowest BCUT2D eigenvalue weighted by molar-refractivity contribution is -0.144. The number of amides is 4. The van der Waals surface area contributed by atoms with Gasteiger partial charge in [-0.15, -0.1) is 0 Å². The summed E-state index contributed by atoms with van der Waals surface area (Å²) in [5.74, 6) is -3.35. The first-order valence-corrected chi connectivity index (χ1v) is 15.3. The van der Waals surface area contributed by atoms with Gasteiger partial charge in [-0.3, -0.25) is 28.5 Å². The maximum atomic E-state index is 13.8. The van der Waals surface area contributed by atoms with Crippen LogP contribution in [-0.4, -0.2) is 89.0 Å². The van der Waals surface area contributed by atoms with Crippen molar-refractivity contribution in [3.63, 3.8) is 0 Å². The fraction of sp³-hybridized carbons (Fsp3) is 0.808. The summed E-state index contributed by atoms with van der Waals surface area (Å²) in [4.78, 5) is 65.2. The van der Waals surface area contributed by atoms with E-state index >= 15 is 0 Å². The van der Waals surface area contributed by atoms with Crippen LogP contribution in [0.15, 0.2) is 0 Å². The van der Waals surface area contributed by atoms with Crippen molar-refractivity contribution in [1.29, 1.82) is 0 Å². The summed E-state index contributed by atoms with van der Waals surface area (Å²) in [6.07, 6.45) is 0.239. The van der Waals surface area contributed by atoms with E-state index in [1.807, 2.05) is 27.7 Å². The molecule has 1 saturated carbocycles. The highest BCUT2D eigenvalue weighted by atomic mass is 32.2. The van der Waals surface area contributed by atoms with Gasteiger partial charge in [0.05, 0.1) is 12.5 Å². The maximum absolute atomic E-state index is 13.8. The lowest BCUT2D eigenvalue weighted by Gasteiger charge is -2.35. The average Bonchev–Trinajstić information content (AvgIpc) is 3.19. The molecular weight excluding hydrogens is 544 g/mol. The Morgan fingerprint density at radius 1 is 1.18 bits per heavy atom. The molecule has 13 nitrogen and oxygen atoms in total. The van der Waals surface area contributed by atoms with E-state index in [0.717, 1.165) is 0 Å². The number of nitrogens with one attached hydrogen (secondary N) is 3.